The van der Waals surface area contributed by atoms with Crippen LogP contribution < -0.4 is 0 Å². The molecule has 0 saturated carbocycles. The Bertz CT molecular complexity index is 1080. The van der Waals surface area contributed by atoms with E-state index in [1.54, 1.807) is 0 Å². The third kappa shape index (κ3) is 24.9. The fourth-order valence-corrected chi connectivity index (χ4v) is 7.93. The van der Waals surface area contributed by atoms with Crippen molar-refractivity contribution in [2.45, 2.75) is 255 Å². The molecule has 2 fully saturated rings. The third-order valence-electron chi connectivity index (χ3n) is 12.0. The van der Waals surface area contributed by atoms with E-state index in [4.69, 9.17) is 28.4 Å². The number of unbranched alkanes of at least 4 members (excludes halogenated alkanes) is 23. The maximum atomic E-state index is 12.9. The van der Waals surface area contributed by atoms with Crippen molar-refractivity contribution < 1.29 is 69.0 Å². The smallest absolute Gasteiger partial charge is 0.306 e. The Morgan fingerprint density at radius 2 is 0.952 bits per heavy atom. The zero-order valence-electron chi connectivity index (χ0n) is 38.6. The first-order chi connectivity index (χ1) is 30.1. The van der Waals surface area contributed by atoms with E-state index in [1.165, 1.54) is 122 Å². The van der Waals surface area contributed by atoms with E-state index < -0.39 is 80.7 Å². The first-order valence-electron chi connectivity index (χ1n) is 24.8. The second-order valence-corrected chi connectivity index (χ2v) is 17.6. The van der Waals surface area contributed by atoms with Gasteiger partial charge in [-0.3, -0.25) is 4.79 Å². The molecular weight excluding hydrogens is 801 g/mol. The number of ether oxygens (including phenoxy) is 6. The van der Waals surface area contributed by atoms with Gasteiger partial charge in [0.05, 0.1) is 26.4 Å². The van der Waals surface area contributed by atoms with E-state index in [-0.39, 0.29) is 25.6 Å². The molecule has 366 valence electrons. The first kappa shape index (κ1) is 56.9. The monoisotopic (exact) mass is 891 g/mol. The van der Waals surface area contributed by atoms with Gasteiger partial charge >= 0.3 is 5.97 Å². The zero-order chi connectivity index (χ0) is 45.2. The molecule has 2 heterocycles. The molecule has 0 amide bonds. The zero-order valence-corrected chi connectivity index (χ0v) is 38.6. The molecule has 14 nitrogen and oxygen atoms in total. The lowest BCUT2D eigenvalue weighted by molar-refractivity contribution is -0.332. The maximum Gasteiger partial charge on any atom is 0.306 e. The second-order valence-electron chi connectivity index (χ2n) is 17.6. The number of hydrogen-bond donors (Lipinski definition) is 7. The Kier molecular flexibility index (Phi) is 33.8. The number of aliphatic hydroxyl groups excluding tert-OH is 7. The van der Waals surface area contributed by atoms with Crippen molar-refractivity contribution in [3.05, 3.63) is 12.2 Å². The Morgan fingerprint density at radius 1 is 0.516 bits per heavy atom. The molecular formula is C48H90O14. The molecule has 14 heteroatoms. The highest BCUT2D eigenvalue weighted by atomic mass is 16.7. The van der Waals surface area contributed by atoms with Gasteiger partial charge in [-0.2, -0.15) is 0 Å². The molecule has 11 unspecified atom stereocenters. The lowest BCUT2D eigenvalue weighted by atomic mass is 9.98. The Hall–Kier alpha value is -1.27. The van der Waals surface area contributed by atoms with Crippen molar-refractivity contribution in [1.82, 2.24) is 0 Å². The minimum Gasteiger partial charge on any atom is -0.457 e. The van der Waals surface area contributed by atoms with Gasteiger partial charge in [-0.05, 0) is 38.5 Å². The lowest BCUT2D eigenvalue weighted by Gasteiger charge is -2.42. The summed E-state index contributed by atoms with van der Waals surface area (Å²) in [6.07, 6.45) is 20.0. The maximum absolute atomic E-state index is 12.9. The van der Waals surface area contributed by atoms with Crippen LogP contribution in [0, 0.1) is 0 Å². The highest BCUT2D eigenvalue weighted by Gasteiger charge is 2.47. The van der Waals surface area contributed by atoms with Crippen molar-refractivity contribution in [1.29, 1.82) is 0 Å². The van der Waals surface area contributed by atoms with Crippen LogP contribution in [-0.4, -0.2) is 142 Å². The molecule has 2 rings (SSSR count). The van der Waals surface area contributed by atoms with Crippen LogP contribution in [-0.2, 0) is 33.2 Å². The summed E-state index contributed by atoms with van der Waals surface area (Å²) in [4.78, 5) is 12.9. The number of hydrogen-bond acceptors (Lipinski definition) is 14. The molecule has 0 radical (unpaired) electrons. The lowest BCUT2D eigenvalue weighted by Crippen LogP contribution is -2.61. The highest BCUT2D eigenvalue weighted by Crippen LogP contribution is 2.26. The largest absolute Gasteiger partial charge is 0.457 e. The average molecular weight is 891 g/mol. The van der Waals surface area contributed by atoms with Crippen LogP contribution in [0.5, 0.6) is 0 Å². The summed E-state index contributed by atoms with van der Waals surface area (Å²) in [5.74, 6) is -0.377. The molecule has 2 aliphatic rings. The molecule has 7 N–H and O–H groups in total. The van der Waals surface area contributed by atoms with Crippen LogP contribution in [0.3, 0.4) is 0 Å². The second kappa shape index (κ2) is 36.9. The molecule has 0 aromatic rings. The van der Waals surface area contributed by atoms with Crippen LogP contribution >= 0.6 is 0 Å². The fraction of sp³-hybridized carbons (Fsp3) is 0.938. The fourth-order valence-electron chi connectivity index (χ4n) is 7.93. The van der Waals surface area contributed by atoms with E-state index in [1.807, 2.05) is 0 Å². The Morgan fingerprint density at radius 3 is 1.47 bits per heavy atom. The Balaban J connectivity index is 1.76. The van der Waals surface area contributed by atoms with Gasteiger partial charge in [0.1, 0.15) is 54.9 Å². The van der Waals surface area contributed by atoms with E-state index in [0.717, 1.165) is 38.5 Å². The molecule has 0 spiro atoms. The van der Waals surface area contributed by atoms with Crippen LogP contribution in [0.4, 0.5) is 0 Å². The molecule has 2 aliphatic heterocycles. The van der Waals surface area contributed by atoms with Gasteiger partial charge in [-0.15, -0.1) is 0 Å². The molecule has 0 aromatic carbocycles. The summed E-state index contributed by atoms with van der Waals surface area (Å²) in [5, 5.41) is 72.0. The molecule has 11 atom stereocenters. The van der Waals surface area contributed by atoms with Crippen LogP contribution in [0.25, 0.3) is 0 Å². The van der Waals surface area contributed by atoms with Crippen molar-refractivity contribution in [3.8, 4) is 0 Å². The van der Waals surface area contributed by atoms with Gasteiger partial charge in [-0.1, -0.05) is 154 Å². The standard InChI is InChI=1S/C48H90O14/c1-3-5-7-9-11-13-15-16-17-18-19-20-21-22-24-26-28-30-32-57-34-37(60-40(50)31-29-27-25-23-14-12-10-8-6-4-2)35-58-47-46(56)44(54)42(52)39(62-47)36-59-48-45(55)43(53)41(51)38(33-49)61-48/h16-17,37-39,41-49,51-56H,3-15,18-36H2,1-2H3/b17-16-. The van der Waals surface area contributed by atoms with E-state index in [9.17, 15) is 40.5 Å². The number of carbonyl (C=O) groups is 1. The molecule has 2 saturated heterocycles. The van der Waals surface area contributed by atoms with Crippen LogP contribution in [0.15, 0.2) is 12.2 Å². The van der Waals surface area contributed by atoms with Crippen LogP contribution in [0.1, 0.15) is 187 Å². The summed E-state index contributed by atoms with van der Waals surface area (Å²) in [7, 11) is 0. The molecule has 0 bridgehead atoms. The van der Waals surface area contributed by atoms with Crippen LogP contribution in [0.2, 0.25) is 0 Å². The summed E-state index contributed by atoms with van der Waals surface area (Å²) in [6.45, 7) is 3.67. The van der Waals surface area contributed by atoms with Crippen molar-refractivity contribution in [2.24, 2.45) is 0 Å². The number of carbonyl (C=O) groups excluding carboxylic acids is 1. The number of rotatable bonds is 39. The number of esters is 1. The van der Waals surface area contributed by atoms with Gasteiger partial charge in [-0.25, -0.2) is 0 Å². The highest BCUT2D eigenvalue weighted by molar-refractivity contribution is 5.69. The number of aliphatic hydroxyl groups is 7. The topological polar surface area (TPSA) is 214 Å². The molecule has 62 heavy (non-hydrogen) atoms. The summed E-state index contributed by atoms with van der Waals surface area (Å²) in [6, 6.07) is 0. The Labute approximate surface area is 374 Å². The van der Waals surface area contributed by atoms with Gasteiger partial charge in [0.25, 0.3) is 0 Å². The normalized spacial score (nSPS) is 27.2. The quantitative estimate of drug-likeness (QED) is 0.0195. The average Bonchev–Trinajstić information content (AvgIpc) is 3.27. The van der Waals surface area contributed by atoms with E-state index >= 15 is 0 Å². The molecule has 0 aliphatic carbocycles. The molecule has 0 aromatic heterocycles. The van der Waals surface area contributed by atoms with Crippen molar-refractivity contribution in [2.75, 3.05) is 33.0 Å². The van der Waals surface area contributed by atoms with E-state index in [2.05, 4.69) is 26.0 Å². The third-order valence-corrected chi connectivity index (χ3v) is 12.0. The summed E-state index contributed by atoms with van der Waals surface area (Å²) < 4.78 is 34.2. The van der Waals surface area contributed by atoms with Crippen molar-refractivity contribution in [3.63, 3.8) is 0 Å². The van der Waals surface area contributed by atoms with E-state index in [0.29, 0.717) is 13.0 Å². The predicted molar refractivity (Wildman–Crippen MR) is 238 cm³/mol. The van der Waals surface area contributed by atoms with Gasteiger partial charge in [0, 0.05) is 13.0 Å². The minimum absolute atomic E-state index is 0.0643. The SMILES string of the molecule is CCCCCCCC/C=C\CCCCCCCCCCOCC(COC1OC(COC2OC(CO)C(O)C(O)C2O)C(O)C(O)C1O)OC(=O)CCCCCCCCCCCC. The van der Waals surface area contributed by atoms with Gasteiger partial charge in [0.15, 0.2) is 12.6 Å². The van der Waals surface area contributed by atoms with Gasteiger partial charge < -0.3 is 64.2 Å². The first-order valence-corrected chi connectivity index (χ1v) is 24.8. The minimum atomic E-state index is -1.70. The number of allylic oxidation sites excluding steroid dienone is 2. The summed E-state index contributed by atoms with van der Waals surface area (Å²) >= 11 is 0. The van der Waals surface area contributed by atoms with Crippen molar-refractivity contribution >= 4 is 5.97 Å². The summed E-state index contributed by atoms with van der Waals surface area (Å²) in [5.41, 5.74) is 0. The predicted octanol–water partition coefficient (Wildman–Crippen LogP) is 6.68. The van der Waals surface area contributed by atoms with Gasteiger partial charge in [0.2, 0.25) is 0 Å².